The SMILES string of the molecule is NC1CC2CCC(C1)N2C(=O)[C@@H](NS(=O)(=O)c1ccc2cc(OCc3ccccc3)ccc2c1)C(F)(F)c1ccc(Br)cc1.NC1CC2CCC(C1)N2C(=O)[C@H](NS(=O)(=O)c1ccc2cc(OCc3ccccc3)ccc2c1)C(F)(F)c1ccc(Br)cc1. The fraction of sp³-hybridized carbons (Fsp3) is 0.303. The molecule has 6 N–H and O–H groups in total. The number of nitrogens with one attached hydrogen (secondary N) is 2. The van der Waals surface area contributed by atoms with Crippen LogP contribution >= 0.6 is 31.9 Å². The van der Waals surface area contributed by atoms with Crippen molar-refractivity contribution < 1.29 is 53.5 Å². The van der Waals surface area contributed by atoms with Crippen molar-refractivity contribution in [2.75, 3.05) is 0 Å². The monoisotopic (exact) mass is 1370 g/mol. The van der Waals surface area contributed by atoms with Crippen molar-refractivity contribution in [3.63, 3.8) is 0 Å². The molecule has 0 aliphatic carbocycles. The summed E-state index contributed by atoms with van der Waals surface area (Å²) in [4.78, 5) is 30.3. The number of carbonyl (C=O) groups is 2. The van der Waals surface area contributed by atoms with Crippen LogP contribution in [0.3, 0.4) is 0 Å². The molecule has 4 saturated heterocycles. The highest BCUT2D eigenvalue weighted by Crippen LogP contribution is 2.43. The number of rotatable bonds is 18. The third-order valence-electron chi connectivity index (χ3n) is 17.0. The number of alkyl halides is 4. The normalized spacial score (nSPS) is 20.9. The van der Waals surface area contributed by atoms with E-state index in [9.17, 15) is 26.4 Å². The first-order valence-corrected chi connectivity index (χ1v) is 33.5. The minimum atomic E-state index is -4.56. The van der Waals surface area contributed by atoms with E-state index in [1.165, 1.54) is 82.6 Å². The average Bonchev–Trinajstić information content (AvgIpc) is 1.74. The Kier molecular flexibility index (Phi) is 18.6. The molecule has 4 fully saturated rings. The Labute approximate surface area is 525 Å². The summed E-state index contributed by atoms with van der Waals surface area (Å²) in [5, 5.41) is 2.57. The molecule has 4 aliphatic rings. The van der Waals surface area contributed by atoms with Gasteiger partial charge in [0.2, 0.25) is 31.9 Å². The van der Waals surface area contributed by atoms with Gasteiger partial charge in [0.05, 0.1) is 9.79 Å². The molecule has 6 atom stereocenters. The van der Waals surface area contributed by atoms with Crippen molar-refractivity contribution >= 4 is 85.3 Å². The number of hydrogen-bond donors (Lipinski definition) is 4. The summed E-state index contributed by atoms with van der Waals surface area (Å²) >= 11 is 6.48. The van der Waals surface area contributed by atoms with Crippen LogP contribution in [0.4, 0.5) is 17.6 Å². The van der Waals surface area contributed by atoms with Gasteiger partial charge in [-0.3, -0.25) is 9.59 Å². The number of piperidine rings is 2. The van der Waals surface area contributed by atoms with E-state index in [0.717, 1.165) is 11.1 Å². The zero-order valence-corrected chi connectivity index (χ0v) is 52.2. The number of fused-ring (bicyclic) bond motifs is 6. The van der Waals surface area contributed by atoms with Gasteiger partial charge in [0.25, 0.3) is 11.8 Å². The van der Waals surface area contributed by atoms with Crippen LogP contribution in [0, 0.1) is 0 Å². The number of halogens is 6. The van der Waals surface area contributed by atoms with E-state index in [0.29, 0.717) is 107 Å². The summed E-state index contributed by atoms with van der Waals surface area (Å²) in [6.45, 7) is 0.741. The molecule has 8 aromatic rings. The van der Waals surface area contributed by atoms with Crippen molar-refractivity contribution in [2.24, 2.45) is 11.5 Å². The Morgan fingerprint density at radius 3 is 1.14 bits per heavy atom. The predicted molar refractivity (Wildman–Crippen MR) is 335 cm³/mol. The van der Waals surface area contributed by atoms with Gasteiger partial charge in [0.15, 0.2) is 12.1 Å². The highest BCUT2D eigenvalue weighted by atomic mass is 79.9. The van der Waals surface area contributed by atoms with Gasteiger partial charge in [-0.1, -0.05) is 141 Å². The highest BCUT2D eigenvalue weighted by molar-refractivity contribution is 9.10. The molecular formula is C66H64Br2F4N6O8S2. The molecule has 0 radical (unpaired) electrons. The lowest BCUT2D eigenvalue weighted by Crippen LogP contribution is -2.60. The minimum Gasteiger partial charge on any atom is -0.489 e. The van der Waals surface area contributed by atoms with Crippen molar-refractivity contribution in [1.29, 1.82) is 0 Å². The number of ether oxygens (including phenoxy) is 2. The van der Waals surface area contributed by atoms with Crippen LogP contribution in [0.5, 0.6) is 11.5 Å². The first kappa shape index (κ1) is 62.8. The third-order valence-corrected chi connectivity index (χ3v) is 20.9. The third kappa shape index (κ3) is 13.8. The molecule has 8 aromatic carbocycles. The number of nitrogens with two attached hydrogens (primary N) is 2. The Balaban J connectivity index is 0.000000182. The summed E-state index contributed by atoms with van der Waals surface area (Å²) in [6, 6.07) is 42.8. The van der Waals surface area contributed by atoms with Gasteiger partial charge < -0.3 is 30.7 Å². The zero-order chi connectivity index (χ0) is 62.1. The van der Waals surface area contributed by atoms with Gasteiger partial charge in [0, 0.05) is 56.3 Å². The number of amides is 2. The number of nitrogens with zero attached hydrogens (tertiary/aromatic N) is 2. The van der Waals surface area contributed by atoms with Crippen LogP contribution in [-0.4, -0.2) is 86.8 Å². The maximum absolute atomic E-state index is 16.2. The first-order valence-electron chi connectivity index (χ1n) is 28.9. The summed E-state index contributed by atoms with van der Waals surface area (Å²) in [6.07, 6.45) is 4.57. The molecule has 12 rings (SSSR count). The van der Waals surface area contributed by atoms with E-state index in [2.05, 4.69) is 41.3 Å². The van der Waals surface area contributed by atoms with Crippen LogP contribution in [0.25, 0.3) is 21.5 Å². The lowest BCUT2D eigenvalue weighted by atomic mass is 9.95. The molecule has 460 valence electrons. The standard InChI is InChI=1S/2C33H32BrF2N3O4S/c2*34-25-10-8-24(9-11-25)33(35,36)31(32(40)39-27-12-13-28(39)19-26(37)18-27)38-44(41,42)30-15-7-22-16-29(14-6-23(22)17-30)43-20-21-4-2-1-3-5-21/h2*1-11,14-17,26-28,31,38H,12-13,18-20,37H2/t2*26?,27?,28?,31-/m10/s1. The molecule has 4 aliphatic heterocycles. The molecule has 0 aromatic heterocycles. The van der Waals surface area contributed by atoms with E-state index >= 15 is 17.6 Å². The van der Waals surface area contributed by atoms with Crippen molar-refractivity contribution in [1.82, 2.24) is 19.2 Å². The van der Waals surface area contributed by atoms with Crippen molar-refractivity contribution in [2.45, 2.75) is 135 Å². The smallest absolute Gasteiger partial charge is 0.298 e. The molecule has 2 amide bonds. The predicted octanol–water partition coefficient (Wildman–Crippen LogP) is 12.2. The fourth-order valence-corrected chi connectivity index (χ4v) is 15.5. The summed E-state index contributed by atoms with van der Waals surface area (Å²) in [7, 11) is -9.12. The second-order valence-corrected chi connectivity index (χ2v) is 28.2. The largest absolute Gasteiger partial charge is 0.489 e. The van der Waals surface area contributed by atoms with Crippen LogP contribution in [-0.2, 0) is 54.7 Å². The quantitative estimate of drug-likeness (QED) is 0.0599. The maximum Gasteiger partial charge on any atom is 0.298 e. The molecule has 4 bridgehead atoms. The van der Waals surface area contributed by atoms with Gasteiger partial charge >= 0.3 is 0 Å². The van der Waals surface area contributed by atoms with E-state index < -0.39 is 66.9 Å². The van der Waals surface area contributed by atoms with Gasteiger partial charge in [-0.15, -0.1) is 0 Å². The van der Waals surface area contributed by atoms with Gasteiger partial charge in [-0.25, -0.2) is 16.8 Å². The Hall–Kier alpha value is -6.76. The van der Waals surface area contributed by atoms with Crippen LogP contribution in [0.1, 0.15) is 73.6 Å². The Bertz CT molecular complexity index is 3780. The maximum atomic E-state index is 16.2. The van der Waals surface area contributed by atoms with Gasteiger partial charge in [-0.2, -0.15) is 27.0 Å². The first-order chi connectivity index (χ1) is 42.0. The molecule has 4 unspecified atom stereocenters. The molecule has 88 heavy (non-hydrogen) atoms. The molecule has 0 saturated carbocycles. The number of benzene rings is 8. The zero-order valence-electron chi connectivity index (χ0n) is 47.4. The van der Waals surface area contributed by atoms with E-state index in [1.54, 1.807) is 48.5 Å². The molecule has 22 heteroatoms. The highest BCUT2D eigenvalue weighted by Gasteiger charge is 2.55. The summed E-state index contributed by atoms with van der Waals surface area (Å²) in [5.41, 5.74) is 13.4. The minimum absolute atomic E-state index is 0.125. The molecular weight excluding hydrogens is 1300 g/mol. The average molecular weight is 1370 g/mol. The molecule has 4 heterocycles. The number of hydrogen-bond acceptors (Lipinski definition) is 10. The lowest BCUT2D eigenvalue weighted by molar-refractivity contribution is -0.150. The molecule has 14 nitrogen and oxygen atoms in total. The van der Waals surface area contributed by atoms with Crippen LogP contribution < -0.4 is 30.4 Å². The Morgan fingerprint density at radius 2 is 0.795 bits per heavy atom. The molecule has 0 spiro atoms. The van der Waals surface area contributed by atoms with E-state index in [-0.39, 0.29) is 46.0 Å². The van der Waals surface area contributed by atoms with Crippen molar-refractivity contribution in [3.8, 4) is 11.5 Å². The van der Waals surface area contributed by atoms with Crippen LogP contribution in [0.2, 0.25) is 0 Å². The van der Waals surface area contributed by atoms with Gasteiger partial charge in [-0.05, 0) is 157 Å². The van der Waals surface area contributed by atoms with Crippen molar-refractivity contribution in [3.05, 3.63) is 213 Å². The Morgan fingerprint density at radius 1 is 0.477 bits per heavy atom. The summed E-state index contributed by atoms with van der Waals surface area (Å²) < 4.78 is 137. The van der Waals surface area contributed by atoms with E-state index in [4.69, 9.17) is 20.9 Å². The number of sulfonamides is 2. The number of carbonyl (C=O) groups excluding carboxylic acids is 2. The van der Waals surface area contributed by atoms with Gasteiger partial charge in [0.1, 0.15) is 24.7 Å². The van der Waals surface area contributed by atoms with E-state index in [1.807, 2.05) is 60.7 Å². The second-order valence-electron chi connectivity index (χ2n) is 23.0. The lowest BCUT2D eigenvalue weighted by Gasteiger charge is -2.41. The topological polar surface area (TPSA) is 203 Å². The fourth-order valence-electron chi connectivity index (χ4n) is 12.5. The second kappa shape index (κ2) is 26.0. The summed E-state index contributed by atoms with van der Waals surface area (Å²) in [5.74, 6) is -8.36. The van der Waals surface area contributed by atoms with Crippen LogP contribution in [0.15, 0.2) is 201 Å².